The number of hydrogen-bond acceptors (Lipinski definition) is 7. The molecule has 0 aliphatic rings. The van der Waals surface area contributed by atoms with E-state index in [2.05, 4.69) is 35.0 Å². The highest BCUT2D eigenvalue weighted by Gasteiger charge is 2.20. The molecule has 0 spiro atoms. The maximum atomic E-state index is 15.3. The number of anilines is 2. The molecular weight excluding hydrogens is 476 g/mol. The maximum absolute atomic E-state index is 15.3. The molecule has 2 aromatic carbocycles. The lowest BCUT2D eigenvalue weighted by Gasteiger charge is -2.14. The van der Waals surface area contributed by atoms with E-state index in [0.717, 1.165) is 6.07 Å². The predicted octanol–water partition coefficient (Wildman–Crippen LogP) is 3.92. The molecule has 0 atom stereocenters. The second-order valence-corrected chi connectivity index (χ2v) is 9.15. The Morgan fingerprint density at radius 3 is 2.57 bits per heavy atom. The van der Waals surface area contributed by atoms with Crippen LogP contribution in [0.1, 0.15) is 5.56 Å². The third-order valence-corrected chi connectivity index (χ3v) is 6.62. The fraction of sp³-hybridized carbons (Fsp3) is 0.0435. The number of pyridine rings is 1. The van der Waals surface area contributed by atoms with Crippen LogP contribution in [0.25, 0.3) is 22.4 Å². The molecule has 0 fully saturated rings. The van der Waals surface area contributed by atoms with Gasteiger partial charge in [-0.1, -0.05) is 24.3 Å². The van der Waals surface area contributed by atoms with E-state index < -0.39 is 27.3 Å². The van der Waals surface area contributed by atoms with Crippen molar-refractivity contribution in [2.24, 2.45) is 0 Å². The quantitative estimate of drug-likeness (QED) is 0.314. The molecule has 0 bridgehead atoms. The molecule has 5 aromatic rings. The molecule has 0 aliphatic carbocycles. The molecular formula is C23H17F2N7O2S. The van der Waals surface area contributed by atoms with Crippen molar-refractivity contribution in [3.8, 4) is 11.3 Å². The Hall–Kier alpha value is -4.29. The molecule has 3 heterocycles. The Morgan fingerprint density at radius 1 is 0.914 bits per heavy atom. The van der Waals surface area contributed by atoms with Crippen molar-refractivity contribution in [3.63, 3.8) is 0 Å². The van der Waals surface area contributed by atoms with E-state index in [9.17, 15) is 12.8 Å². The lowest BCUT2D eigenvalue weighted by molar-refractivity contribution is 0.567. The van der Waals surface area contributed by atoms with Crippen molar-refractivity contribution in [2.75, 3.05) is 5.32 Å². The Morgan fingerprint density at radius 2 is 1.74 bits per heavy atom. The van der Waals surface area contributed by atoms with Crippen molar-refractivity contribution in [3.05, 3.63) is 90.6 Å². The van der Waals surface area contributed by atoms with E-state index in [4.69, 9.17) is 0 Å². The summed E-state index contributed by atoms with van der Waals surface area (Å²) in [7, 11) is -3.88. The predicted molar refractivity (Wildman–Crippen MR) is 125 cm³/mol. The average molecular weight is 493 g/mol. The van der Waals surface area contributed by atoms with Gasteiger partial charge in [0.2, 0.25) is 10.0 Å². The van der Waals surface area contributed by atoms with Crippen LogP contribution >= 0.6 is 0 Å². The first-order valence-electron chi connectivity index (χ1n) is 10.3. The summed E-state index contributed by atoms with van der Waals surface area (Å²) in [5, 5.41) is 2.70. The molecule has 9 nitrogen and oxygen atoms in total. The monoisotopic (exact) mass is 493 g/mol. The summed E-state index contributed by atoms with van der Waals surface area (Å²) >= 11 is 0. The van der Waals surface area contributed by atoms with Gasteiger partial charge in [0.05, 0.1) is 11.2 Å². The molecule has 0 saturated carbocycles. The lowest BCUT2D eigenvalue weighted by atomic mass is 10.1. The first kappa shape index (κ1) is 22.5. The standard InChI is InChI=1S/C23H17F2N7O2S/c24-17-9-8-14(11-31-35(33,34)15-5-2-1-3-6-15)18(25)20(17)32-22-16(7-4-10-26-22)19-21-23(29-12-27-19)30-13-28-21/h1-10,12-13,31H,11H2,(H,26,32)(H,27,28,29,30). The van der Waals surface area contributed by atoms with E-state index in [1.807, 2.05) is 0 Å². The molecule has 12 heteroatoms. The van der Waals surface area contributed by atoms with Gasteiger partial charge in [0.1, 0.15) is 34.9 Å². The van der Waals surface area contributed by atoms with Crippen LogP contribution in [0, 0.1) is 11.6 Å². The van der Waals surface area contributed by atoms with Crippen LogP contribution in [0.3, 0.4) is 0 Å². The number of sulfonamides is 1. The number of halogens is 2. The zero-order valence-corrected chi connectivity index (χ0v) is 18.7. The van der Waals surface area contributed by atoms with Crippen LogP contribution in [0.2, 0.25) is 0 Å². The number of hydrogen-bond donors (Lipinski definition) is 3. The SMILES string of the molecule is O=S(=O)(NCc1ccc(F)c(Nc2ncccc2-c2ncnc3nc[nH]c23)c1F)c1ccccc1. The third-order valence-electron chi connectivity index (χ3n) is 5.21. The smallest absolute Gasteiger partial charge is 0.240 e. The molecule has 0 amide bonds. The lowest BCUT2D eigenvalue weighted by Crippen LogP contribution is -2.24. The summed E-state index contributed by atoms with van der Waals surface area (Å²) in [4.78, 5) is 19.7. The van der Waals surface area contributed by atoms with Gasteiger partial charge in [-0.15, -0.1) is 0 Å². The maximum Gasteiger partial charge on any atom is 0.240 e. The second kappa shape index (κ2) is 9.16. The van der Waals surface area contributed by atoms with E-state index >= 15 is 4.39 Å². The van der Waals surface area contributed by atoms with Gasteiger partial charge in [0.15, 0.2) is 11.5 Å². The number of rotatable bonds is 7. The molecule has 0 aliphatic heterocycles. The van der Waals surface area contributed by atoms with Gasteiger partial charge in [0, 0.05) is 23.9 Å². The summed E-state index contributed by atoms with van der Waals surface area (Å²) < 4.78 is 57.3. The van der Waals surface area contributed by atoms with E-state index in [0.29, 0.717) is 22.4 Å². The topological polar surface area (TPSA) is 126 Å². The van der Waals surface area contributed by atoms with Gasteiger partial charge in [-0.3, -0.25) is 0 Å². The van der Waals surface area contributed by atoms with Crippen molar-refractivity contribution < 1.29 is 17.2 Å². The number of fused-ring (bicyclic) bond motifs is 1. The van der Waals surface area contributed by atoms with Crippen molar-refractivity contribution in [2.45, 2.75) is 11.4 Å². The van der Waals surface area contributed by atoms with Crippen LogP contribution in [-0.4, -0.2) is 33.3 Å². The fourth-order valence-corrected chi connectivity index (χ4v) is 4.51. The number of nitrogens with zero attached hydrogens (tertiary/aromatic N) is 4. The van der Waals surface area contributed by atoms with Crippen LogP contribution in [0.4, 0.5) is 20.3 Å². The largest absolute Gasteiger partial charge is 0.341 e. The summed E-state index contributed by atoms with van der Waals surface area (Å²) in [6, 6.07) is 13.3. The minimum atomic E-state index is -3.88. The zero-order chi connectivity index (χ0) is 24.4. The van der Waals surface area contributed by atoms with Crippen LogP contribution in [0.15, 0.2) is 78.3 Å². The summed E-state index contributed by atoms with van der Waals surface area (Å²) in [6.45, 7) is -0.381. The van der Waals surface area contributed by atoms with Crippen LogP contribution < -0.4 is 10.0 Å². The van der Waals surface area contributed by atoms with E-state index in [1.165, 1.54) is 37.1 Å². The summed E-state index contributed by atoms with van der Waals surface area (Å²) in [5.41, 5.74) is 1.33. The van der Waals surface area contributed by atoms with Gasteiger partial charge >= 0.3 is 0 Å². The Kier molecular flexibility index (Phi) is 5.89. The highest BCUT2D eigenvalue weighted by atomic mass is 32.2. The van der Waals surface area contributed by atoms with Gasteiger partial charge in [0.25, 0.3) is 0 Å². The second-order valence-electron chi connectivity index (χ2n) is 7.38. The van der Waals surface area contributed by atoms with Gasteiger partial charge < -0.3 is 10.3 Å². The molecule has 3 aromatic heterocycles. The molecule has 0 radical (unpaired) electrons. The minimum Gasteiger partial charge on any atom is -0.341 e. The number of imidazole rings is 1. The normalized spacial score (nSPS) is 11.6. The summed E-state index contributed by atoms with van der Waals surface area (Å²) in [6.07, 6.45) is 4.26. The molecule has 5 rings (SSSR count). The first-order chi connectivity index (χ1) is 16.9. The first-order valence-corrected chi connectivity index (χ1v) is 11.8. The Balaban J connectivity index is 1.47. The van der Waals surface area contributed by atoms with Crippen molar-refractivity contribution in [1.29, 1.82) is 0 Å². The molecule has 176 valence electrons. The number of aromatic nitrogens is 5. The van der Waals surface area contributed by atoms with Crippen molar-refractivity contribution >= 4 is 32.7 Å². The Bertz CT molecular complexity index is 1630. The molecule has 35 heavy (non-hydrogen) atoms. The highest BCUT2D eigenvalue weighted by molar-refractivity contribution is 7.89. The number of H-pyrrole nitrogens is 1. The van der Waals surface area contributed by atoms with Gasteiger partial charge in [-0.05, 0) is 30.3 Å². The molecule has 3 N–H and O–H groups in total. The highest BCUT2D eigenvalue weighted by Crippen LogP contribution is 2.32. The molecule has 0 unspecified atom stereocenters. The number of aromatic amines is 1. The Labute approximate surface area is 198 Å². The van der Waals surface area contributed by atoms with Crippen molar-refractivity contribution in [1.82, 2.24) is 29.6 Å². The van der Waals surface area contributed by atoms with Gasteiger partial charge in [-0.25, -0.2) is 41.9 Å². The van der Waals surface area contributed by atoms with Crippen LogP contribution in [-0.2, 0) is 16.6 Å². The van der Waals surface area contributed by atoms with Crippen LogP contribution in [0.5, 0.6) is 0 Å². The third kappa shape index (κ3) is 4.44. The average Bonchev–Trinajstić information content (AvgIpc) is 3.36. The number of benzene rings is 2. The minimum absolute atomic E-state index is 0.0361. The molecule has 0 saturated heterocycles. The summed E-state index contributed by atoms with van der Waals surface area (Å²) in [5.74, 6) is -1.68. The fourth-order valence-electron chi connectivity index (χ4n) is 3.49. The van der Waals surface area contributed by atoms with Gasteiger partial charge in [-0.2, -0.15) is 0 Å². The van der Waals surface area contributed by atoms with E-state index in [-0.39, 0.29) is 22.8 Å². The zero-order valence-electron chi connectivity index (χ0n) is 17.9. The van der Waals surface area contributed by atoms with E-state index in [1.54, 1.807) is 30.3 Å². The number of nitrogens with one attached hydrogen (secondary N) is 3.